The summed E-state index contributed by atoms with van der Waals surface area (Å²) in [7, 11) is 0. The number of nitrogens with one attached hydrogen (secondary N) is 1. The Kier molecular flexibility index (Phi) is 3.42. The van der Waals surface area contributed by atoms with Gasteiger partial charge in [-0.05, 0) is 45.2 Å². The summed E-state index contributed by atoms with van der Waals surface area (Å²) in [5.41, 5.74) is 0. The van der Waals surface area contributed by atoms with Crippen molar-refractivity contribution in [3.63, 3.8) is 0 Å². The summed E-state index contributed by atoms with van der Waals surface area (Å²) < 4.78 is 0. The average molecular weight is 198 g/mol. The normalized spacial score (nSPS) is 30.9. The summed E-state index contributed by atoms with van der Waals surface area (Å²) in [5.74, 6) is 0.814. The highest BCUT2D eigenvalue weighted by molar-refractivity contribution is 4.89. The van der Waals surface area contributed by atoms with Gasteiger partial charge in [0, 0.05) is 19.1 Å². The van der Waals surface area contributed by atoms with Crippen molar-refractivity contribution in [2.45, 2.75) is 38.3 Å². The van der Waals surface area contributed by atoms with Gasteiger partial charge in [0.1, 0.15) is 0 Å². The van der Waals surface area contributed by atoms with Crippen molar-refractivity contribution in [2.24, 2.45) is 5.92 Å². The van der Waals surface area contributed by atoms with E-state index in [0.29, 0.717) is 0 Å². The Hall–Kier alpha value is -0.120. The van der Waals surface area contributed by atoms with Crippen LogP contribution in [0.25, 0.3) is 0 Å². The number of rotatable bonds is 5. The number of nitrogens with zero attached hydrogens (tertiary/aromatic N) is 1. The molecule has 2 N–H and O–H groups in total. The molecule has 0 spiro atoms. The Morgan fingerprint density at radius 2 is 2.21 bits per heavy atom. The summed E-state index contributed by atoms with van der Waals surface area (Å²) in [6.07, 6.45) is 3.97. The van der Waals surface area contributed by atoms with Crippen LogP contribution in [-0.2, 0) is 0 Å². The van der Waals surface area contributed by atoms with E-state index in [1.165, 1.54) is 32.4 Å². The molecule has 14 heavy (non-hydrogen) atoms. The molecule has 0 bridgehead atoms. The largest absolute Gasteiger partial charge is 0.392 e. The molecule has 0 radical (unpaired) electrons. The first-order valence-electron chi connectivity index (χ1n) is 5.88. The molecule has 1 saturated heterocycles. The third-order valence-electron chi connectivity index (χ3n) is 3.25. The highest BCUT2D eigenvalue weighted by Crippen LogP contribution is 2.31. The van der Waals surface area contributed by atoms with Crippen LogP contribution in [0.2, 0.25) is 0 Å². The number of aliphatic hydroxyl groups is 1. The van der Waals surface area contributed by atoms with Crippen LogP contribution in [0.15, 0.2) is 0 Å². The van der Waals surface area contributed by atoms with Crippen LogP contribution in [0.5, 0.6) is 0 Å². The van der Waals surface area contributed by atoms with Crippen molar-refractivity contribution in [1.29, 1.82) is 0 Å². The Balaban J connectivity index is 1.58. The zero-order valence-electron chi connectivity index (χ0n) is 9.08. The quantitative estimate of drug-likeness (QED) is 0.673. The Morgan fingerprint density at radius 1 is 1.43 bits per heavy atom. The fraction of sp³-hybridized carbons (Fsp3) is 1.00. The van der Waals surface area contributed by atoms with Gasteiger partial charge in [-0.3, -0.25) is 0 Å². The fourth-order valence-corrected chi connectivity index (χ4v) is 2.30. The number of hydrogen-bond acceptors (Lipinski definition) is 3. The molecule has 0 amide bonds. The smallest absolute Gasteiger partial charge is 0.0636 e. The molecule has 1 saturated carbocycles. The lowest BCUT2D eigenvalue weighted by atomic mass is 10.1. The molecule has 2 aliphatic rings. The summed E-state index contributed by atoms with van der Waals surface area (Å²) in [6.45, 7) is 6.22. The van der Waals surface area contributed by atoms with Gasteiger partial charge < -0.3 is 15.3 Å². The van der Waals surface area contributed by atoms with Crippen LogP contribution in [0.4, 0.5) is 0 Å². The lowest BCUT2D eigenvalue weighted by Crippen LogP contribution is -2.31. The Morgan fingerprint density at radius 3 is 2.86 bits per heavy atom. The molecule has 1 aliphatic carbocycles. The molecule has 0 aromatic carbocycles. The molecule has 2 rings (SSSR count). The van der Waals surface area contributed by atoms with Crippen LogP contribution in [0.3, 0.4) is 0 Å². The minimum absolute atomic E-state index is 0.212. The number of likely N-dealkylation sites (tertiary alicyclic amines) is 1. The van der Waals surface area contributed by atoms with Crippen LogP contribution < -0.4 is 5.32 Å². The second-order valence-corrected chi connectivity index (χ2v) is 4.89. The van der Waals surface area contributed by atoms with Crippen LogP contribution in [0.1, 0.15) is 26.2 Å². The van der Waals surface area contributed by atoms with E-state index in [0.717, 1.165) is 25.0 Å². The molecule has 0 aromatic heterocycles. The van der Waals surface area contributed by atoms with Crippen LogP contribution in [0, 0.1) is 5.92 Å². The van der Waals surface area contributed by atoms with Gasteiger partial charge in [-0.1, -0.05) is 0 Å². The van der Waals surface area contributed by atoms with E-state index in [4.69, 9.17) is 5.11 Å². The second kappa shape index (κ2) is 4.60. The first-order chi connectivity index (χ1) is 6.75. The van der Waals surface area contributed by atoms with Crippen molar-refractivity contribution in [2.75, 3.05) is 26.2 Å². The minimum Gasteiger partial charge on any atom is -0.392 e. The third-order valence-corrected chi connectivity index (χ3v) is 3.25. The van der Waals surface area contributed by atoms with Crippen molar-refractivity contribution in [1.82, 2.24) is 10.2 Å². The predicted molar refractivity (Wildman–Crippen MR) is 57.3 cm³/mol. The van der Waals surface area contributed by atoms with Gasteiger partial charge in [0.05, 0.1) is 6.10 Å². The molecule has 3 heteroatoms. The van der Waals surface area contributed by atoms with Crippen molar-refractivity contribution in [3.8, 4) is 0 Å². The minimum atomic E-state index is -0.212. The molecule has 1 heterocycles. The van der Waals surface area contributed by atoms with E-state index in [1.54, 1.807) is 0 Å². The Labute approximate surface area is 86.5 Å². The van der Waals surface area contributed by atoms with Gasteiger partial charge in [0.25, 0.3) is 0 Å². The molecule has 1 aliphatic heterocycles. The van der Waals surface area contributed by atoms with Crippen molar-refractivity contribution < 1.29 is 5.11 Å². The Bertz CT molecular complexity index is 180. The average Bonchev–Trinajstić information content (AvgIpc) is 2.87. The molecule has 2 unspecified atom stereocenters. The molecular weight excluding hydrogens is 176 g/mol. The van der Waals surface area contributed by atoms with E-state index in [2.05, 4.69) is 10.2 Å². The summed E-state index contributed by atoms with van der Waals surface area (Å²) >= 11 is 0. The highest BCUT2D eigenvalue weighted by atomic mass is 16.3. The topological polar surface area (TPSA) is 35.5 Å². The zero-order chi connectivity index (χ0) is 9.97. The number of hydrogen-bond donors (Lipinski definition) is 2. The summed E-state index contributed by atoms with van der Waals surface area (Å²) in [6, 6.07) is 0.928. The van der Waals surface area contributed by atoms with E-state index in [-0.39, 0.29) is 6.10 Å². The maximum atomic E-state index is 9.10. The van der Waals surface area contributed by atoms with E-state index >= 15 is 0 Å². The SMILES string of the molecule is CC(O)CNCC1CCN(C2CC2)C1. The van der Waals surface area contributed by atoms with E-state index in [9.17, 15) is 0 Å². The van der Waals surface area contributed by atoms with Crippen LogP contribution >= 0.6 is 0 Å². The van der Waals surface area contributed by atoms with Crippen molar-refractivity contribution in [3.05, 3.63) is 0 Å². The highest BCUT2D eigenvalue weighted by Gasteiger charge is 2.33. The van der Waals surface area contributed by atoms with Crippen molar-refractivity contribution >= 4 is 0 Å². The lowest BCUT2D eigenvalue weighted by Gasteiger charge is -2.15. The van der Waals surface area contributed by atoms with E-state index in [1.807, 2.05) is 6.92 Å². The number of aliphatic hydroxyl groups excluding tert-OH is 1. The van der Waals surface area contributed by atoms with E-state index < -0.39 is 0 Å². The lowest BCUT2D eigenvalue weighted by molar-refractivity contribution is 0.189. The molecule has 82 valence electrons. The fourth-order valence-electron chi connectivity index (χ4n) is 2.30. The molecule has 0 aromatic rings. The summed E-state index contributed by atoms with van der Waals surface area (Å²) in [4.78, 5) is 2.63. The molecule has 3 nitrogen and oxygen atoms in total. The first kappa shape index (κ1) is 10.4. The van der Waals surface area contributed by atoms with Gasteiger partial charge in [0.2, 0.25) is 0 Å². The van der Waals surface area contributed by atoms with Gasteiger partial charge >= 0.3 is 0 Å². The van der Waals surface area contributed by atoms with Gasteiger partial charge in [-0.25, -0.2) is 0 Å². The van der Waals surface area contributed by atoms with Gasteiger partial charge in [-0.15, -0.1) is 0 Å². The maximum absolute atomic E-state index is 9.10. The maximum Gasteiger partial charge on any atom is 0.0636 e. The molecular formula is C11H22N2O. The second-order valence-electron chi connectivity index (χ2n) is 4.89. The van der Waals surface area contributed by atoms with Crippen LogP contribution in [-0.4, -0.2) is 48.3 Å². The molecule has 2 atom stereocenters. The first-order valence-corrected chi connectivity index (χ1v) is 5.88. The zero-order valence-corrected chi connectivity index (χ0v) is 9.08. The summed E-state index contributed by atoms with van der Waals surface area (Å²) in [5, 5.41) is 12.4. The standard InChI is InChI=1S/C11H22N2O/c1-9(14)6-12-7-10-4-5-13(8-10)11-2-3-11/h9-12,14H,2-8H2,1H3. The monoisotopic (exact) mass is 198 g/mol. The molecule has 2 fully saturated rings. The predicted octanol–water partition coefficient (Wildman–Crippen LogP) is 0.441. The third kappa shape index (κ3) is 2.94. The van der Waals surface area contributed by atoms with Gasteiger partial charge in [-0.2, -0.15) is 0 Å². The van der Waals surface area contributed by atoms with Gasteiger partial charge in [0.15, 0.2) is 0 Å².